The fourth-order valence-corrected chi connectivity index (χ4v) is 6.36. The van der Waals surface area contributed by atoms with Crippen molar-refractivity contribution in [3.05, 3.63) is 12.7 Å². The zero-order valence-corrected chi connectivity index (χ0v) is 15.5. The standard InChI is InChI=1S/C20H34O2S/c1-2-3-4-5-6-7-8-9-10-14-20(21)17-15-18-12-11-13-19(16-17)23(18)22/h2,17-19H,1,3-16H2. The summed E-state index contributed by atoms with van der Waals surface area (Å²) in [6.07, 6.45) is 17.8. The van der Waals surface area contributed by atoms with Gasteiger partial charge in [0.15, 0.2) is 0 Å². The zero-order chi connectivity index (χ0) is 16.5. The molecule has 2 aliphatic rings. The molecule has 3 heteroatoms. The molecule has 0 aromatic carbocycles. The van der Waals surface area contributed by atoms with Crippen LogP contribution in [-0.4, -0.2) is 20.5 Å². The highest BCUT2D eigenvalue weighted by Gasteiger charge is 2.39. The summed E-state index contributed by atoms with van der Waals surface area (Å²) < 4.78 is 12.2. The van der Waals surface area contributed by atoms with Crippen molar-refractivity contribution in [2.24, 2.45) is 5.92 Å². The highest BCUT2D eigenvalue weighted by molar-refractivity contribution is 7.86. The van der Waals surface area contributed by atoms with Crippen LogP contribution in [0.2, 0.25) is 0 Å². The maximum absolute atomic E-state index is 12.4. The first kappa shape index (κ1) is 18.9. The van der Waals surface area contributed by atoms with Gasteiger partial charge in [0, 0.05) is 33.6 Å². The van der Waals surface area contributed by atoms with E-state index < -0.39 is 10.8 Å². The van der Waals surface area contributed by atoms with Gasteiger partial charge < -0.3 is 0 Å². The third-order valence-electron chi connectivity index (χ3n) is 5.59. The maximum atomic E-state index is 12.4. The fourth-order valence-electron chi connectivity index (χ4n) is 4.17. The number of hydrogen-bond donors (Lipinski definition) is 0. The Labute approximate surface area is 145 Å². The number of carbonyl (C=O) groups is 1. The second kappa shape index (κ2) is 10.4. The Bertz CT molecular complexity index is 388. The van der Waals surface area contributed by atoms with E-state index in [0.717, 1.165) is 44.9 Å². The normalized spacial score (nSPS) is 30.1. The molecule has 2 aliphatic heterocycles. The molecular weight excluding hydrogens is 304 g/mol. The molecule has 2 atom stereocenters. The number of rotatable bonds is 11. The summed E-state index contributed by atoms with van der Waals surface area (Å²) in [4.78, 5) is 12.4. The lowest BCUT2D eigenvalue weighted by atomic mass is 9.85. The average Bonchev–Trinajstić information content (AvgIpc) is 2.53. The number of Topliss-reactive ketones (excluding diaryl/α,β-unsaturated/α-hetero) is 1. The quantitative estimate of drug-likeness (QED) is 0.377. The first-order chi connectivity index (χ1) is 11.2. The number of allylic oxidation sites excluding steroid dienone is 1. The summed E-state index contributed by atoms with van der Waals surface area (Å²) in [5, 5.41) is 0.652. The Balaban J connectivity index is 1.53. The van der Waals surface area contributed by atoms with Crippen LogP contribution in [0.4, 0.5) is 0 Å². The van der Waals surface area contributed by atoms with Crippen LogP contribution in [0.25, 0.3) is 0 Å². The van der Waals surface area contributed by atoms with E-state index >= 15 is 0 Å². The van der Waals surface area contributed by atoms with Crippen LogP contribution in [0.3, 0.4) is 0 Å². The van der Waals surface area contributed by atoms with Crippen LogP contribution in [0.15, 0.2) is 12.7 Å². The lowest BCUT2D eigenvalue weighted by molar-refractivity contribution is -0.123. The largest absolute Gasteiger partial charge is 0.299 e. The Morgan fingerprint density at radius 2 is 1.52 bits per heavy atom. The van der Waals surface area contributed by atoms with Crippen molar-refractivity contribution in [3.63, 3.8) is 0 Å². The van der Waals surface area contributed by atoms with E-state index in [1.165, 1.54) is 44.9 Å². The highest BCUT2D eigenvalue weighted by atomic mass is 32.2. The SMILES string of the molecule is C=CCCCCCCCCCC(=O)C1CC2CCCC(C1)S2=O. The molecule has 2 heterocycles. The van der Waals surface area contributed by atoms with Gasteiger partial charge in [-0.25, -0.2) is 0 Å². The second-order valence-electron chi connectivity index (χ2n) is 7.44. The van der Waals surface area contributed by atoms with E-state index in [9.17, 15) is 9.00 Å². The van der Waals surface area contributed by atoms with Gasteiger partial charge in [0.2, 0.25) is 0 Å². The highest BCUT2D eigenvalue weighted by Crippen LogP contribution is 2.37. The maximum Gasteiger partial charge on any atom is 0.136 e. The van der Waals surface area contributed by atoms with Crippen molar-refractivity contribution in [2.75, 3.05) is 0 Å². The van der Waals surface area contributed by atoms with Crippen molar-refractivity contribution in [1.29, 1.82) is 0 Å². The van der Waals surface area contributed by atoms with Crippen LogP contribution >= 0.6 is 0 Å². The molecule has 0 spiro atoms. The molecule has 0 aliphatic carbocycles. The molecule has 0 saturated carbocycles. The summed E-state index contributed by atoms with van der Waals surface area (Å²) in [6.45, 7) is 3.75. The first-order valence-electron chi connectivity index (χ1n) is 9.75. The molecule has 0 aromatic rings. The minimum absolute atomic E-state index is 0.224. The molecule has 2 unspecified atom stereocenters. The van der Waals surface area contributed by atoms with Gasteiger partial charge in [0.25, 0.3) is 0 Å². The number of ketones is 1. The summed E-state index contributed by atoms with van der Waals surface area (Å²) in [7, 11) is -0.645. The van der Waals surface area contributed by atoms with Crippen molar-refractivity contribution < 1.29 is 9.00 Å². The Hall–Kier alpha value is -0.440. The van der Waals surface area contributed by atoms with Crippen molar-refractivity contribution in [1.82, 2.24) is 0 Å². The smallest absolute Gasteiger partial charge is 0.136 e. The van der Waals surface area contributed by atoms with Crippen LogP contribution < -0.4 is 0 Å². The summed E-state index contributed by atoms with van der Waals surface area (Å²) in [5.74, 6) is 0.687. The van der Waals surface area contributed by atoms with Gasteiger partial charge in [0.1, 0.15) is 5.78 Å². The molecule has 2 bridgehead atoms. The third-order valence-corrected chi connectivity index (χ3v) is 7.76. The van der Waals surface area contributed by atoms with Crippen molar-refractivity contribution >= 4 is 16.6 Å². The zero-order valence-electron chi connectivity index (χ0n) is 14.6. The molecule has 0 radical (unpaired) electrons. The van der Waals surface area contributed by atoms with E-state index in [4.69, 9.17) is 0 Å². The molecular formula is C20H34O2S. The molecule has 132 valence electrons. The van der Waals surface area contributed by atoms with Gasteiger partial charge >= 0.3 is 0 Å². The second-order valence-corrected chi connectivity index (χ2v) is 9.43. The van der Waals surface area contributed by atoms with Gasteiger partial charge in [-0.2, -0.15) is 0 Å². The van der Waals surface area contributed by atoms with E-state index in [0.29, 0.717) is 16.3 Å². The molecule has 2 saturated heterocycles. The van der Waals surface area contributed by atoms with E-state index in [2.05, 4.69) is 6.58 Å². The van der Waals surface area contributed by atoms with Gasteiger partial charge in [-0.3, -0.25) is 9.00 Å². The van der Waals surface area contributed by atoms with Crippen LogP contribution in [0.5, 0.6) is 0 Å². The Morgan fingerprint density at radius 3 is 2.13 bits per heavy atom. The first-order valence-corrected chi connectivity index (χ1v) is 11.0. The van der Waals surface area contributed by atoms with E-state index in [1.54, 1.807) is 0 Å². The molecule has 0 amide bonds. The summed E-state index contributed by atoms with van der Waals surface area (Å²) >= 11 is 0. The van der Waals surface area contributed by atoms with Crippen LogP contribution in [-0.2, 0) is 15.6 Å². The number of carbonyl (C=O) groups excluding carboxylic acids is 1. The van der Waals surface area contributed by atoms with Crippen LogP contribution in [0.1, 0.15) is 89.9 Å². The lowest BCUT2D eigenvalue weighted by Gasteiger charge is -2.37. The molecule has 0 N–H and O–H groups in total. The Morgan fingerprint density at radius 1 is 0.957 bits per heavy atom. The topological polar surface area (TPSA) is 34.1 Å². The van der Waals surface area contributed by atoms with Gasteiger partial charge in [0.05, 0.1) is 0 Å². The molecule has 2 fully saturated rings. The van der Waals surface area contributed by atoms with Gasteiger partial charge in [-0.1, -0.05) is 44.6 Å². The predicted octanol–water partition coefficient (Wildman–Crippen LogP) is 5.33. The van der Waals surface area contributed by atoms with Crippen molar-refractivity contribution in [3.8, 4) is 0 Å². The molecule has 2 nitrogen and oxygen atoms in total. The van der Waals surface area contributed by atoms with Gasteiger partial charge in [-0.15, -0.1) is 6.58 Å². The molecule has 2 rings (SSSR count). The molecule has 0 aromatic heterocycles. The number of unbranched alkanes of at least 4 members (excludes halogenated alkanes) is 7. The van der Waals surface area contributed by atoms with Crippen LogP contribution in [0, 0.1) is 5.92 Å². The Kier molecular flexibility index (Phi) is 8.57. The van der Waals surface area contributed by atoms with Gasteiger partial charge in [-0.05, 0) is 44.9 Å². The summed E-state index contributed by atoms with van der Waals surface area (Å²) in [5.41, 5.74) is 0. The average molecular weight is 339 g/mol. The van der Waals surface area contributed by atoms with E-state index in [1.807, 2.05) is 6.08 Å². The summed E-state index contributed by atoms with van der Waals surface area (Å²) in [6, 6.07) is 0. The lowest BCUT2D eigenvalue weighted by Crippen LogP contribution is -2.41. The minimum Gasteiger partial charge on any atom is -0.299 e. The fraction of sp³-hybridized carbons (Fsp3) is 0.850. The number of hydrogen-bond acceptors (Lipinski definition) is 2. The molecule has 23 heavy (non-hydrogen) atoms. The minimum atomic E-state index is -0.645. The number of fused-ring (bicyclic) bond motifs is 2. The monoisotopic (exact) mass is 338 g/mol. The third kappa shape index (κ3) is 6.17. The van der Waals surface area contributed by atoms with Crippen molar-refractivity contribution in [2.45, 2.75) is 100 Å². The predicted molar refractivity (Wildman–Crippen MR) is 99.1 cm³/mol. The van der Waals surface area contributed by atoms with E-state index in [-0.39, 0.29) is 5.92 Å².